The molecule has 0 aromatic carbocycles. The van der Waals surface area contributed by atoms with E-state index in [1.54, 1.807) is 26.2 Å². The molecule has 0 saturated heterocycles. The molecule has 2 N–H and O–H groups in total. The first kappa shape index (κ1) is 22.6. The molecule has 1 amide bonds. The highest BCUT2D eigenvalue weighted by atomic mass is 32.2. The Morgan fingerprint density at radius 1 is 1.21 bits per heavy atom. The van der Waals surface area contributed by atoms with Gasteiger partial charge in [0, 0.05) is 11.1 Å². The number of nitrogens with one attached hydrogen (secondary N) is 2. The number of aromatic nitrogens is 3. The van der Waals surface area contributed by atoms with Crippen molar-refractivity contribution in [2.45, 2.75) is 32.2 Å². The highest BCUT2D eigenvalue weighted by Gasteiger charge is 2.20. The van der Waals surface area contributed by atoms with E-state index in [4.69, 9.17) is 9.47 Å². The summed E-state index contributed by atoms with van der Waals surface area (Å²) in [7, 11) is 0. The fraction of sp³-hybridized carbons (Fsp3) is 0.412. The van der Waals surface area contributed by atoms with Gasteiger partial charge in [-0.15, -0.1) is 11.3 Å². The molecule has 10 nitrogen and oxygen atoms in total. The normalized spacial score (nSPS) is 10.4. The molecule has 0 fully saturated rings. The number of amides is 1. The molecule has 156 valence electrons. The number of thioether (sulfide) groups is 1. The number of ether oxygens (including phenoxy) is 2. The Morgan fingerprint density at radius 2 is 1.93 bits per heavy atom. The summed E-state index contributed by atoms with van der Waals surface area (Å²) in [5.74, 6) is -1.52. The van der Waals surface area contributed by atoms with E-state index in [1.807, 2.05) is 0 Å². The van der Waals surface area contributed by atoms with Crippen molar-refractivity contribution in [3.63, 3.8) is 0 Å². The minimum absolute atomic E-state index is 0.0217. The zero-order valence-electron chi connectivity index (χ0n) is 16.1. The van der Waals surface area contributed by atoms with Gasteiger partial charge in [0.15, 0.2) is 5.13 Å². The van der Waals surface area contributed by atoms with E-state index >= 15 is 0 Å². The maximum atomic E-state index is 12.2. The molecule has 2 rings (SSSR count). The first-order chi connectivity index (χ1) is 13.8. The van der Waals surface area contributed by atoms with Crippen molar-refractivity contribution in [1.29, 1.82) is 0 Å². The van der Waals surface area contributed by atoms with E-state index < -0.39 is 23.5 Å². The average Bonchev–Trinajstić information content (AvgIpc) is 3.06. The molecule has 0 unspecified atom stereocenters. The van der Waals surface area contributed by atoms with Crippen LogP contribution in [0, 0.1) is 6.92 Å². The third-order valence-corrected chi connectivity index (χ3v) is 5.12. The van der Waals surface area contributed by atoms with Gasteiger partial charge in [0.2, 0.25) is 5.91 Å². The van der Waals surface area contributed by atoms with Gasteiger partial charge in [0.1, 0.15) is 10.6 Å². The predicted octanol–water partition coefficient (Wildman–Crippen LogP) is 1.55. The largest absolute Gasteiger partial charge is 0.466 e. The number of hydrogen-bond acceptors (Lipinski definition) is 10. The number of aryl methyl sites for hydroxylation is 1. The second-order valence-electron chi connectivity index (χ2n) is 5.53. The third-order valence-electron chi connectivity index (χ3n) is 3.33. The SMILES string of the molecule is CCOC(=O)Cc1csc(NC(=O)CSc2nc(=O)[nH]c(C)c2C(=O)OCC)n1. The van der Waals surface area contributed by atoms with Gasteiger partial charge in [-0.3, -0.25) is 9.59 Å². The molecule has 0 bridgehead atoms. The smallest absolute Gasteiger partial charge is 0.346 e. The Hall–Kier alpha value is -2.73. The second-order valence-corrected chi connectivity index (χ2v) is 7.35. The van der Waals surface area contributed by atoms with E-state index in [-0.39, 0.29) is 36.0 Å². The van der Waals surface area contributed by atoms with Crippen molar-refractivity contribution >= 4 is 46.1 Å². The molecule has 2 heterocycles. The molecule has 12 heteroatoms. The Kier molecular flexibility index (Phi) is 8.34. The van der Waals surface area contributed by atoms with Crippen LogP contribution in [-0.4, -0.2) is 51.8 Å². The quantitative estimate of drug-likeness (QED) is 0.337. The van der Waals surface area contributed by atoms with Gasteiger partial charge < -0.3 is 19.8 Å². The fourth-order valence-electron chi connectivity index (χ4n) is 2.20. The van der Waals surface area contributed by atoms with Crippen LogP contribution in [0.4, 0.5) is 5.13 Å². The Balaban J connectivity index is 2.01. The van der Waals surface area contributed by atoms with Crippen LogP contribution in [0.25, 0.3) is 0 Å². The average molecular weight is 441 g/mol. The predicted molar refractivity (Wildman–Crippen MR) is 107 cm³/mol. The van der Waals surface area contributed by atoms with E-state index in [0.29, 0.717) is 16.5 Å². The zero-order valence-corrected chi connectivity index (χ0v) is 17.7. The van der Waals surface area contributed by atoms with Crippen LogP contribution >= 0.6 is 23.1 Å². The number of hydrogen-bond donors (Lipinski definition) is 2. The number of thiazole rings is 1. The number of rotatable bonds is 9. The summed E-state index contributed by atoms with van der Waals surface area (Å²) in [4.78, 5) is 57.8. The second kappa shape index (κ2) is 10.7. The zero-order chi connectivity index (χ0) is 21.4. The molecule has 29 heavy (non-hydrogen) atoms. The van der Waals surface area contributed by atoms with Crippen molar-refractivity contribution in [3.8, 4) is 0 Å². The third kappa shape index (κ3) is 6.68. The van der Waals surface area contributed by atoms with Crippen LogP contribution < -0.4 is 11.0 Å². The van der Waals surface area contributed by atoms with Crippen LogP contribution in [0.15, 0.2) is 15.2 Å². The Bertz CT molecular complexity index is 956. The highest BCUT2D eigenvalue weighted by Crippen LogP contribution is 2.23. The summed E-state index contributed by atoms with van der Waals surface area (Å²) in [5, 5.41) is 4.70. The van der Waals surface area contributed by atoms with Gasteiger partial charge in [0.05, 0.1) is 31.1 Å². The summed E-state index contributed by atoms with van der Waals surface area (Å²) in [6, 6.07) is 0. The molecule has 0 atom stereocenters. The molecule has 2 aromatic heterocycles. The number of carbonyl (C=O) groups is 3. The molecule has 0 radical (unpaired) electrons. The summed E-state index contributed by atoms with van der Waals surface area (Å²) in [6.45, 7) is 5.39. The molecule has 0 spiro atoms. The molecule has 2 aromatic rings. The lowest BCUT2D eigenvalue weighted by molar-refractivity contribution is -0.142. The van der Waals surface area contributed by atoms with Gasteiger partial charge in [-0.25, -0.2) is 14.6 Å². The molecular formula is C17H20N4O6S2. The maximum Gasteiger partial charge on any atom is 0.346 e. The van der Waals surface area contributed by atoms with Crippen molar-refractivity contribution in [1.82, 2.24) is 15.0 Å². The topological polar surface area (TPSA) is 140 Å². The van der Waals surface area contributed by atoms with Gasteiger partial charge >= 0.3 is 17.6 Å². The summed E-state index contributed by atoms with van der Waals surface area (Å²) < 4.78 is 9.84. The van der Waals surface area contributed by atoms with Crippen molar-refractivity contribution < 1.29 is 23.9 Å². The van der Waals surface area contributed by atoms with E-state index in [2.05, 4.69) is 20.3 Å². The van der Waals surface area contributed by atoms with Crippen LogP contribution in [-0.2, 0) is 25.5 Å². The number of H-pyrrole nitrogens is 1. The lowest BCUT2D eigenvalue weighted by Gasteiger charge is -2.09. The number of anilines is 1. The van der Waals surface area contributed by atoms with Gasteiger partial charge in [0.25, 0.3) is 0 Å². The van der Waals surface area contributed by atoms with Crippen molar-refractivity contribution in [2.24, 2.45) is 0 Å². The maximum absolute atomic E-state index is 12.2. The number of nitrogens with zero attached hydrogens (tertiary/aromatic N) is 2. The van der Waals surface area contributed by atoms with Gasteiger partial charge in [-0.05, 0) is 20.8 Å². The van der Waals surface area contributed by atoms with E-state index in [0.717, 1.165) is 11.8 Å². The van der Waals surface area contributed by atoms with E-state index in [1.165, 1.54) is 11.3 Å². The van der Waals surface area contributed by atoms with Crippen LogP contribution in [0.5, 0.6) is 0 Å². The molecule has 0 aliphatic rings. The monoisotopic (exact) mass is 440 g/mol. The minimum Gasteiger partial charge on any atom is -0.466 e. The Morgan fingerprint density at radius 3 is 2.62 bits per heavy atom. The first-order valence-corrected chi connectivity index (χ1v) is 10.5. The number of aromatic amines is 1. The number of esters is 2. The minimum atomic E-state index is -0.625. The van der Waals surface area contributed by atoms with E-state index in [9.17, 15) is 19.2 Å². The van der Waals surface area contributed by atoms with Crippen LogP contribution in [0.3, 0.4) is 0 Å². The summed E-state index contributed by atoms with van der Waals surface area (Å²) >= 11 is 2.11. The Labute approximate surface area is 174 Å². The lowest BCUT2D eigenvalue weighted by Crippen LogP contribution is -2.21. The van der Waals surface area contributed by atoms with Crippen molar-refractivity contribution in [2.75, 3.05) is 24.3 Å². The van der Waals surface area contributed by atoms with Crippen LogP contribution in [0.1, 0.15) is 35.6 Å². The molecule has 0 saturated carbocycles. The van der Waals surface area contributed by atoms with Crippen LogP contribution in [0.2, 0.25) is 0 Å². The molecular weight excluding hydrogens is 420 g/mol. The fourth-order valence-corrected chi connectivity index (χ4v) is 3.80. The molecule has 0 aliphatic carbocycles. The standard InChI is InChI=1S/C17H20N4O6S2/c1-4-26-12(23)6-10-7-29-17(19-10)20-11(22)8-28-14-13(15(24)27-5-2)9(3)18-16(25)21-14/h7H,4-6,8H2,1-3H3,(H,18,21,25)(H,19,20,22). The highest BCUT2D eigenvalue weighted by molar-refractivity contribution is 8.00. The lowest BCUT2D eigenvalue weighted by atomic mass is 10.2. The number of carbonyl (C=O) groups excluding carboxylic acids is 3. The van der Waals surface area contributed by atoms with Crippen molar-refractivity contribution in [3.05, 3.63) is 32.8 Å². The summed E-state index contributed by atoms with van der Waals surface area (Å²) in [6.07, 6.45) is 0.0217. The summed E-state index contributed by atoms with van der Waals surface area (Å²) in [5.41, 5.74) is 0.306. The van der Waals surface area contributed by atoms with Gasteiger partial charge in [-0.1, -0.05) is 11.8 Å². The van der Waals surface area contributed by atoms with Gasteiger partial charge in [-0.2, -0.15) is 4.98 Å². The molecule has 0 aliphatic heterocycles. The first-order valence-electron chi connectivity index (χ1n) is 8.64.